The molecule has 0 aliphatic heterocycles. The van der Waals surface area contributed by atoms with Gasteiger partial charge in [0.15, 0.2) is 23.0 Å². The van der Waals surface area contributed by atoms with E-state index in [4.69, 9.17) is 20.3 Å². The molecule has 0 spiro atoms. The van der Waals surface area contributed by atoms with Gasteiger partial charge in [0.1, 0.15) is 5.56 Å². The van der Waals surface area contributed by atoms with Crippen LogP contribution >= 0.6 is 0 Å². The predicted octanol–water partition coefficient (Wildman–Crippen LogP) is 1.65. The van der Waals surface area contributed by atoms with E-state index in [1.54, 1.807) is 0 Å². The summed E-state index contributed by atoms with van der Waals surface area (Å²) in [6.07, 6.45) is 0. The molecule has 0 radical (unpaired) electrons. The maximum absolute atomic E-state index is 12.4. The van der Waals surface area contributed by atoms with E-state index in [0.717, 1.165) is 6.07 Å². The number of nitrogen functional groups attached to an aromatic ring is 1. The Morgan fingerprint density at radius 2 is 1.52 bits per heavy atom. The van der Waals surface area contributed by atoms with E-state index in [1.165, 1.54) is 32.4 Å². The van der Waals surface area contributed by atoms with E-state index in [9.17, 15) is 19.8 Å². The molecule has 25 heavy (non-hydrogen) atoms. The lowest BCUT2D eigenvalue weighted by Crippen LogP contribution is -2.14. The van der Waals surface area contributed by atoms with Crippen molar-refractivity contribution in [2.24, 2.45) is 0 Å². The van der Waals surface area contributed by atoms with Crippen molar-refractivity contribution >= 4 is 23.3 Å². The molecule has 0 aliphatic rings. The number of nitrogens with two attached hydrogens (primary N) is 1. The summed E-state index contributed by atoms with van der Waals surface area (Å²) in [5.41, 5.74) is 5.30. The molecule has 0 fully saturated rings. The van der Waals surface area contributed by atoms with Crippen LogP contribution in [-0.4, -0.2) is 41.4 Å². The van der Waals surface area contributed by atoms with Gasteiger partial charge in [-0.25, -0.2) is 4.79 Å². The van der Waals surface area contributed by atoms with Crippen LogP contribution in [0.2, 0.25) is 0 Å². The van der Waals surface area contributed by atoms with Crippen molar-refractivity contribution in [1.82, 2.24) is 0 Å². The average Bonchev–Trinajstić information content (AvgIpc) is 2.55. The monoisotopic (exact) mass is 348 g/mol. The summed E-state index contributed by atoms with van der Waals surface area (Å²) >= 11 is 0. The van der Waals surface area contributed by atoms with Crippen LogP contribution in [0, 0.1) is 0 Å². The Hall–Kier alpha value is -3.62. The minimum absolute atomic E-state index is 0.0187. The van der Waals surface area contributed by atoms with E-state index in [0.29, 0.717) is 0 Å². The van der Waals surface area contributed by atoms with E-state index in [1.807, 2.05) is 0 Å². The van der Waals surface area contributed by atoms with Gasteiger partial charge in [0.25, 0.3) is 5.91 Å². The molecule has 0 aliphatic carbocycles. The minimum atomic E-state index is -1.35. The fourth-order valence-corrected chi connectivity index (χ4v) is 2.22. The molecule has 0 aromatic heterocycles. The standard InChI is InChI=1S/C16H16N2O7/c1-24-13-9(17)5-3-7(11(13)19)15(21)18-10-6-4-8(16(22)23)12(20)14(10)25-2/h3-6,19-20H,17H2,1-2H3,(H,18,21)(H,22,23). The van der Waals surface area contributed by atoms with Gasteiger partial charge in [-0.1, -0.05) is 0 Å². The van der Waals surface area contributed by atoms with Crippen LogP contribution in [-0.2, 0) is 0 Å². The highest BCUT2D eigenvalue weighted by atomic mass is 16.5. The molecule has 0 unspecified atom stereocenters. The number of methoxy groups -OCH3 is 2. The number of benzene rings is 2. The smallest absolute Gasteiger partial charge is 0.339 e. The van der Waals surface area contributed by atoms with Gasteiger partial charge in [0, 0.05) is 0 Å². The largest absolute Gasteiger partial charge is 0.504 e. The van der Waals surface area contributed by atoms with Crippen molar-refractivity contribution in [1.29, 1.82) is 0 Å². The molecule has 6 N–H and O–H groups in total. The summed E-state index contributed by atoms with van der Waals surface area (Å²) in [5.74, 6) is -3.46. The van der Waals surface area contributed by atoms with Crippen LogP contribution in [0.4, 0.5) is 11.4 Å². The SMILES string of the molecule is COc1c(N)ccc(C(=O)Nc2ccc(C(=O)O)c(O)c2OC)c1O. The third-order valence-electron chi connectivity index (χ3n) is 3.42. The number of carbonyl (C=O) groups excluding carboxylic acids is 1. The van der Waals surface area contributed by atoms with Crippen molar-refractivity contribution < 1.29 is 34.4 Å². The third-order valence-corrected chi connectivity index (χ3v) is 3.42. The first-order valence-electron chi connectivity index (χ1n) is 6.91. The predicted molar refractivity (Wildman–Crippen MR) is 88.6 cm³/mol. The first kappa shape index (κ1) is 17.7. The van der Waals surface area contributed by atoms with Crippen molar-refractivity contribution in [3.8, 4) is 23.0 Å². The number of hydrogen-bond acceptors (Lipinski definition) is 7. The number of carbonyl (C=O) groups is 2. The molecule has 1 amide bonds. The fourth-order valence-electron chi connectivity index (χ4n) is 2.22. The Bertz CT molecular complexity index is 849. The van der Waals surface area contributed by atoms with Gasteiger partial charge in [-0.15, -0.1) is 0 Å². The molecule has 0 bridgehead atoms. The first-order chi connectivity index (χ1) is 11.8. The molecule has 0 heterocycles. The molecule has 0 saturated heterocycles. The maximum atomic E-state index is 12.4. The minimum Gasteiger partial charge on any atom is -0.504 e. The highest BCUT2D eigenvalue weighted by Gasteiger charge is 2.22. The summed E-state index contributed by atoms with van der Waals surface area (Å²) in [6, 6.07) is 5.04. The van der Waals surface area contributed by atoms with Crippen LogP contribution in [0.3, 0.4) is 0 Å². The second-order valence-corrected chi connectivity index (χ2v) is 4.89. The van der Waals surface area contributed by atoms with E-state index in [2.05, 4.69) is 5.32 Å². The van der Waals surface area contributed by atoms with E-state index < -0.39 is 23.4 Å². The van der Waals surface area contributed by atoms with Crippen LogP contribution in [0.15, 0.2) is 24.3 Å². The number of phenolic OH excluding ortho intramolecular Hbond substituents is 1. The zero-order valence-corrected chi connectivity index (χ0v) is 13.4. The van der Waals surface area contributed by atoms with Crippen LogP contribution < -0.4 is 20.5 Å². The van der Waals surface area contributed by atoms with Gasteiger partial charge in [-0.05, 0) is 24.3 Å². The number of ether oxygens (including phenoxy) is 2. The fraction of sp³-hybridized carbons (Fsp3) is 0.125. The maximum Gasteiger partial charge on any atom is 0.339 e. The highest BCUT2D eigenvalue weighted by molar-refractivity contribution is 6.08. The van der Waals surface area contributed by atoms with Gasteiger partial charge >= 0.3 is 5.97 Å². The lowest BCUT2D eigenvalue weighted by atomic mass is 10.1. The Labute approximate surface area is 142 Å². The molecular weight excluding hydrogens is 332 g/mol. The normalized spacial score (nSPS) is 10.2. The average molecular weight is 348 g/mol. The molecule has 9 nitrogen and oxygen atoms in total. The second kappa shape index (κ2) is 6.87. The van der Waals surface area contributed by atoms with Gasteiger partial charge in [0.05, 0.1) is 31.2 Å². The van der Waals surface area contributed by atoms with E-state index >= 15 is 0 Å². The summed E-state index contributed by atoms with van der Waals surface area (Å²) in [6.45, 7) is 0. The molecule has 132 valence electrons. The molecule has 0 saturated carbocycles. The summed E-state index contributed by atoms with van der Waals surface area (Å²) in [4.78, 5) is 23.4. The number of phenols is 2. The quantitative estimate of drug-likeness (QED) is 0.512. The van der Waals surface area contributed by atoms with Crippen molar-refractivity contribution in [2.45, 2.75) is 0 Å². The van der Waals surface area contributed by atoms with Gasteiger partial charge in [0.2, 0.25) is 0 Å². The molecular formula is C16H16N2O7. The Kier molecular flexibility index (Phi) is 4.87. The van der Waals surface area contributed by atoms with Crippen molar-refractivity contribution in [3.05, 3.63) is 35.4 Å². The van der Waals surface area contributed by atoms with Crippen LogP contribution in [0.1, 0.15) is 20.7 Å². The Balaban J connectivity index is 2.42. The number of aromatic carboxylic acids is 1. The molecule has 2 aromatic rings. The molecule has 2 aromatic carbocycles. The number of amides is 1. The summed E-state index contributed by atoms with van der Waals surface area (Å²) < 4.78 is 9.90. The van der Waals surface area contributed by atoms with Gasteiger partial charge in [-0.3, -0.25) is 4.79 Å². The number of anilines is 2. The zero-order valence-electron chi connectivity index (χ0n) is 13.4. The Morgan fingerprint density at radius 3 is 2.08 bits per heavy atom. The topological polar surface area (TPSA) is 151 Å². The number of nitrogens with one attached hydrogen (secondary N) is 1. The highest BCUT2D eigenvalue weighted by Crippen LogP contribution is 2.39. The third kappa shape index (κ3) is 3.20. The summed E-state index contributed by atoms with van der Waals surface area (Å²) in [7, 11) is 2.50. The molecule has 0 atom stereocenters. The van der Waals surface area contributed by atoms with Crippen LogP contribution in [0.5, 0.6) is 23.0 Å². The number of carboxylic acid groups (broad SMARTS) is 1. The first-order valence-corrected chi connectivity index (χ1v) is 6.91. The molecule has 2 rings (SSSR count). The lowest BCUT2D eigenvalue weighted by molar-refractivity contribution is 0.0693. The van der Waals surface area contributed by atoms with E-state index in [-0.39, 0.29) is 34.0 Å². The number of rotatable bonds is 5. The van der Waals surface area contributed by atoms with Crippen molar-refractivity contribution in [2.75, 3.05) is 25.3 Å². The van der Waals surface area contributed by atoms with Gasteiger partial charge in [-0.2, -0.15) is 0 Å². The zero-order chi connectivity index (χ0) is 18.7. The number of hydrogen-bond donors (Lipinski definition) is 5. The lowest BCUT2D eigenvalue weighted by Gasteiger charge is -2.14. The summed E-state index contributed by atoms with van der Waals surface area (Å²) in [5, 5.41) is 31.5. The second-order valence-electron chi connectivity index (χ2n) is 4.89. The van der Waals surface area contributed by atoms with Crippen molar-refractivity contribution in [3.63, 3.8) is 0 Å². The Morgan fingerprint density at radius 1 is 0.960 bits per heavy atom. The number of carboxylic acids is 1. The molecule has 9 heteroatoms. The van der Waals surface area contributed by atoms with Gasteiger partial charge < -0.3 is 35.8 Å². The van der Waals surface area contributed by atoms with Crippen LogP contribution in [0.25, 0.3) is 0 Å². The number of aromatic hydroxyl groups is 2.